The summed E-state index contributed by atoms with van der Waals surface area (Å²) in [6, 6.07) is 3.93. The number of hydrogen-bond donors (Lipinski definition) is 3. The fourth-order valence-corrected chi connectivity index (χ4v) is 5.90. The van der Waals surface area contributed by atoms with Crippen LogP contribution in [-0.2, 0) is 27.5 Å². The molecular formula is C24H29ClN6O4S. The van der Waals surface area contributed by atoms with E-state index in [9.17, 15) is 19.2 Å². The Hall–Kier alpha value is -3.02. The Bertz CT molecular complexity index is 1140. The summed E-state index contributed by atoms with van der Waals surface area (Å²) in [6.07, 6.45) is 2.71. The van der Waals surface area contributed by atoms with Gasteiger partial charge in [0.2, 0.25) is 5.91 Å². The van der Waals surface area contributed by atoms with E-state index >= 15 is 0 Å². The van der Waals surface area contributed by atoms with Crippen LogP contribution in [0.4, 0.5) is 5.82 Å². The maximum Gasteiger partial charge on any atom is 0.314 e. The number of carbonyl (C=O) groups excluding carboxylic acids is 4. The van der Waals surface area contributed by atoms with Crippen molar-refractivity contribution in [2.75, 3.05) is 26.5 Å². The van der Waals surface area contributed by atoms with E-state index in [1.807, 2.05) is 13.1 Å². The lowest BCUT2D eigenvalue weighted by molar-refractivity contribution is -0.137. The fourth-order valence-electron chi connectivity index (χ4n) is 4.63. The van der Waals surface area contributed by atoms with Gasteiger partial charge in [0.15, 0.2) is 0 Å². The maximum atomic E-state index is 13.1. The highest BCUT2D eigenvalue weighted by atomic mass is 35.5. The standard InChI is InChI=1S/C24H29ClN6O4S/c1-30(2)24(35)13-4-6-16(27-22(33)23(34)29-20-7-5-15(25)10-26-20)17(8-13)28-21(32)18-9-14-11-31(3)12-19(14)36-18/h5,7,9-10,13,16-17H,4,6,8,11-12H2,1-3H3,(H,27,33)(H,28,32)(H,26,29,34)/t13-,16-,17+/m0/s1. The molecule has 1 aliphatic heterocycles. The Labute approximate surface area is 218 Å². The fraction of sp³-hybridized carbons (Fsp3) is 0.458. The van der Waals surface area contributed by atoms with Crippen LogP contribution in [0.3, 0.4) is 0 Å². The molecule has 0 unspecified atom stereocenters. The van der Waals surface area contributed by atoms with Crippen molar-refractivity contribution >= 4 is 52.4 Å². The molecule has 0 spiro atoms. The minimum absolute atomic E-state index is 0.0243. The van der Waals surface area contributed by atoms with Crippen LogP contribution in [0.1, 0.15) is 39.4 Å². The molecule has 3 heterocycles. The number of hydrogen-bond acceptors (Lipinski definition) is 7. The molecule has 12 heteroatoms. The first-order valence-electron chi connectivity index (χ1n) is 11.7. The van der Waals surface area contributed by atoms with Gasteiger partial charge in [-0.15, -0.1) is 11.3 Å². The second kappa shape index (κ2) is 10.9. The molecule has 1 fully saturated rings. The Morgan fingerprint density at radius 2 is 1.86 bits per heavy atom. The maximum absolute atomic E-state index is 13.1. The number of thiophene rings is 1. The summed E-state index contributed by atoms with van der Waals surface area (Å²) >= 11 is 7.27. The lowest BCUT2D eigenvalue weighted by Crippen LogP contribution is -2.57. The molecule has 2 aliphatic rings. The number of amides is 4. The Morgan fingerprint density at radius 3 is 2.53 bits per heavy atom. The minimum Gasteiger partial charge on any atom is -0.349 e. The van der Waals surface area contributed by atoms with Crippen LogP contribution in [0.25, 0.3) is 0 Å². The van der Waals surface area contributed by atoms with Gasteiger partial charge >= 0.3 is 11.8 Å². The van der Waals surface area contributed by atoms with Crippen molar-refractivity contribution in [3.8, 4) is 0 Å². The summed E-state index contributed by atoms with van der Waals surface area (Å²) in [5, 5.41) is 8.61. The molecule has 0 aromatic carbocycles. The largest absolute Gasteiger partial charge is 0.349 e. The number of nitrogens with one attached hydrogen (secondary N) is 3. The molecule has 2 aromatic rings. The van der Waals surface area contributed by atoms with E-state index in [2.05, 4.69) is 25.8 Å². The number of aromatic nitrogens is 1. The highest BCUT2D eigenvalue weighted by Gasteiger charge is 2.37. The molecule has 1 aliphatic carbocycles. The van der Waals surface area contributed by atoms with Gasteiger partial charge in [0.05, 0.1) is 15.9 Å². The third-order valence-corrected chi connectivity index (χ3v) is 7.81. The summed E-state index contributed by atoms with van der Waals surface area (Å²) in [4.78, 5) is 60.3. The van der Waals surface area contributed by atoms with Gasteiger partial charge in [0, 0.05) is 50.2 Å². The van der Waals surface area contributed by atoms with E-state index in [1.54, 1.807) is 20.2 Å². The van der Waals surface area contributed by atoms with Crippen molar-refractivity contribution in [2.24, 2.45) is 5.92 Å². The summed E-state index contributed by atoms with van der Waals surface area (Å²) in [5.74, 6) is -2.07. The van der Waals surface area contributed by atoms with Crippen molar-refractivity contribution < 1.29 is 19.2 Å². The van der Waals surface area contributed by atoms with Crippen LogP contribution >= 0.6 is 22.9 Å². The van der Waals surface area contributed by atoms with E-state index in [4.69, 9.17) is 11.6 Å². The van der Waals surface area contributed by atoms with Crippen LogP contribution in [0.5, 0.6) is 0 Å². The zero-order chi connectivity index (χ0) is 26.0. The second-order valence-corrected chi connectivity index (χ2v) is 11.0. The quantitative estimate of drug-likeness (QED) is 0.505. The summed E-state index contributed by atoms with van der Waals surface area (Å²) in [7, 11) is 5.43. The average molecular weight is 533 g/mol. The third-order valence-electron chi connectivity index (χ3n) is 6.42. The van der Waals surface area contributed by atoms with E-state index in [-0.39, 0.29) is 23.6 Å². The van der Waals surface area contributed by atoms with Crippen molar-refractivity contribution in [3.63, 3.8) is 0 Å². The molecular weight excluding hydrogens is 504 g/mol. The van der Waals surface area contributed by atoms with Crippen molar-refractivity contribution in [3.05, 3.63) is 44.7 Å². The lowest BCUT2D eigenvalue weighted by Gasteiger charge is -2.37. The zero-order valence-electron chi connectivity index (χ0n) is 20.3. The van der Waals surface area contributed by atoms with Crippen LogP contribution in [0.15, 0.2) is 24.4 Å². The van der Waals surface area contributed by atoms with E-state index < -0.39 is 23.9 Å². The van der Waals surface area contributed by atoms with Crippen LogP contribution < -0.4 is 16.0 Å². The minimum atomic E-state index is -0.875. The van der Waals surface area contributed by atoms with Crippen LogP contribution in [-0.4, -0.2) is 71.6 Å². The lowest BCUT2D eigenvalue weighted by atomic mass is 9.81. The van der Waals surface area contributed by atoms with E-state index in [1.165, 1.54) is 33.4 Å². The van der Waals surface area contributed by atoms with Gasteiger partial charge in [-0.3, -0.25) is 24.1 Å². The van der Waals surface area contributed by atoms with Gasteiger partial charge in [0.25, 0.3) is 5.91 Å². The highest BCUT2D eigenvalue weighted by Crippen LogP contribution is 2.31. The van der Waals surface area contributed by atoms with E-state index in [0.717, 1.165) is 18.7 Å². The topological polar surface area (TPSA) is 124 Å². The molecule has 0 saturated heterocycles. The Balaban J connectivity index is 1.44. The van der Waals surface area contributed by atoms with Gasteiger partial charge in [0.1, 0.15) is 5.82 Å². The number of anilines is 1. The average Bonchev–Trinajstić information content (AvgIpc) is 3.38. The zero-order valence-corrected chi connectivity index (χ0v) is 21.9. The normalized spacial score (nSPS) is 21.4. The molecule has 36 heavy (non-hydrogen) atoms. The van der Waals surface area contributed by atoms with Gasteiger partial charge < -0.3 is 20.9 Å². The van der Waals surface area contributed by atoms with Crippen molar-refractivity contribution in [2.45, 2.75) is 44.4 Å². The number of fused-ring (bicyclic) bond motifs is 1. The van der Waals surface area contributed by atoms with Gasteiger partial charge in [-0.05, 0) is 50.1 Å². The van der Waals surface area contributed by atoms with Gasteiger partial charge in [-0.2, -0.15) is 0 Å². The number of rotatable bonds is 5. The number of pyridine rings is 1. The molecule has 3 atom stereocenters. The first-order valence-corrected chi connectivity index (χ1v) is 12.9. The monoisotopic (exact) mass is 532 g/mol. The molecule has 0 bridgehead atoms. The van der Waals surface area contributed by atoms with Crippen LogP contribution in [0.2, 0.25) is 5.02 Å². The number of nitrogens with zero attached hydrogens (tertiary/aromatic N) is 3. The first kappa shape index (κ1) is 26.1. The summed E-state index contributed by atoms with van der Waals surface area (Å²) in [5.41, 5.74) is 1.15. The van der Waals surface area contributed by atoms with Gasteiger partial charge in [-0.25, -0.2) is 4.98 Å². The summed E-state index contributed by atoms with van der Waals surface area (Å²) in [6.45, 7) is 1.62. The smallest absolute Gasteiger partial charge is 0.314 e. The molecule has 10 nitrogen and oxygen atoms in total. The molecule has 0 radical (unpaired) electrons. The van der Waals surface area contributed by atoms with Crippen molar-refractivity contribution in [1.29, 1.82) is 0 Å². The molecule has 2 aromatic heterocycles. The number of halogens is 1. The molecule has 3 N–H and O–H groups in total. The first-order chi connectivity index (χ1) is 17.1. The molecule has 4 amide bonds. The second-order valence-electron chi connectivity index (χ2n) is 9.45. The Kier molecular flexibility index (Phi) is 7.91. The SMILES string of the molecule is CN1Cc2cc(C(=O)N[C@@H]3C[C@@H](C(=O)N(C)C)CC[C@@H]3NC(=O)C(=O)Nc3ccc(Cl)cn3)sc2C1. The van der Waals surface area contributed by atoms with Gasteiger partial charge in [-0.1, -0.05) is 11.6 Å². The third kappa shape index (κ3) is 6.03. The Morgan fingerprint density at radius 1 is 1.08 bits per heavy atom. The van der Waals surface area contributed by atoms with Crippen molar-refractivity contribution in [1.82, 2.24) is 25.4 Å². The molecule has 4 rings (SSSR count). The molecule has 1 saturated carbocycles. The summed E-state index contributed by atoms with van der Waals surface area (Å²) < 4.78 is 0. The number of carbonyl (C=O) groups is 4. The molecule has 192 valence electrons. The predicted octanol–water partition coefficient (Wildman–Crippen LogP) is 1.85. The van der Waals surface area contributed by atoms with E-state index in [0.29, 0.717) is 29.2 Å². The van der Waals surface area contributed by atoms with Crippen LogP contribution in [0, 0.1) is 5.92 Å². The predicted molar refractivity (Wildman–Crippen MR) is 137 cm³/mol. The highest BCUT2D eigenvalue weighted by molar-refractivity contribution is 7.14.